The van der Waals surface area contributed by atoms with E-state index in [-0.39, 0.29) is 18.4 Å². The minimum Gasteiger partial charge on any atom is -0.393 e. The van der Waals surface area contributed by atoms with Gasteiger partial charge in [-0.15, -0.1) is 11.3 Å². The SMILES string of the molecule is CCC(O)CCNC(=O)Cc1csc(N)n1. The standard InChI is InChI=1S/C10H17N3O2S/c1-2-8(14)3-4-12-9(15)5-7-6-16-10(11)13-7/h6,8,14H,2-5H2,1H3,(H2,11,13)(H,12,15). The molecule has 4 N–H and O–H groups in total. The van der Waals surface area contributed by atoms with E-state index in [1.165, 1.54) is 11.3 Å². The lowest BCUT2D eigenvalue weighted by Gasteiger charge is -2.08. The molecule has 0 aromatic carbocycles. The van der Waals surface area contributed by atoms with E-state index in [1.807, 2.05) is 6.92 Å². The van der Waals surface area contributed by atoms with Crippen LogP contribution in [0.4, 0.5) is 5.13 Å². The molecular weight excluding hydrogens is 226 g/mol. The molecule has 0 saturated carbocycles. The van der Waals surface area contributed by atoms with Crippen LogP contribution in [-0.2, 0) is 11.2 Å². The highest BCUT2D eigenvalue weighted by molar-refractivity contribution is 7.13. The molecule has 1 aromatic heterocycles. The summed E-state index contributed by atoms with van der Waals surface area (Å²) in [5.74, 6) is -0.0893. The summed E-state index contributed by atoms with van der Waals surface area (Å²) in [6, 6.07) is 0. The maximum atomic E-state index is 11.4. The molecule has 1 rings (SSSR count). The molecule has 1 unspecified atom stereocenters. The number of hydrogen-bond donors (Lipinski definition) is 3. The Kier molecular flexibility index (Phi) is 5.21. The van der Waals surface area contributed by atoms with Crippen molar-refractivity contribution in [2.75, 3.05) is 12.3 Å². The van der Waals surface area contributed by atoms with E-state index >= 15 is 0 Å². The summed E-state index contributed by atoms with van der Waals surface area (Å²) < 4.78 is 0. The first-order valence-corrected chi connectivity index (χ1v) is 6.14. The molecule has 0 radical (unpaired) electrons. The zero-order chi connectivity index (χ0) is 12.0. The molecular formula is C10H17N3O2S. The predicted octanol–water partition coefficient (Wildman–Crippen LogP) is 0.545. The highest BCUT2D eigenvalue weighted by atomic mass is 32.1. The highest BCUT2D eigenvalue weighted by Crippen LogP contribution is 2.11. The van der Waals surface area contributed by atoms with Crippen LogP contribution >= 0.6 is 11.3 Å². The van der Waals surface area contributed by atoms with Crippen LogP contribution in [0.5, 0.6) is 0 Å². The number of hydrogen-bond acceptors (Lipinski definition) is 5. The number of aliphatic hydroxyl groups is 1. The summed E-state index contributed by atoms with van der Waals surface area (Å²) >= 11 is 1.33. The van der Waals surface area contributed by atoms with Crippen molar-refractivity contribution in [3.63, 3.8) is 0 Å². The van der Waals surface area contributed by atoms with Gasteiger partial charge in [-0.05, 0) is 12.8 Å². The van der Waals surface area contributed by atoms with Crippen LogP contribution in [-0.4, -0.2) is 28.6 Å². The summed E-state index contributed by atoms with van der Waals surface area (Å²) in [4.78, 5) is 15.4. The van der Waals surface area contributed by atoms with Gasteiger partial charge in [0.05, 0.1) is 18.2 Å². The first-order chi connectivity index (χ1) is 7.61. The number of rotatable bonds is 6. The Bertz CT molecular complexity index is 341. The Morgan fingerprint density at radius 3 is 3.06 bits per heavy atom. The lowest BCUT2D eigenvalue weighted by atomic mass is 10.2. The third kappa shape index (κ3) is 4.59. The van der Waals surface area contributed by atoms with Gasteiger partial charge in [-0.3, -0.25) is 4.79 Å². The second kappa shape index (κ2) is 6.44. The fourth-order valence-corrected chi connectivity index (χ4v) is 1.78. The molecule has 0 fully saturated rings. The number of amides is 1. The Hall–Kier alpha value is -1.14. The summed E-state index contributed by atoms with van der Waals surface area (Å²) in [6.07, 6.45) is 1.20. The normalized spacial score (nSPS) is 12.4. The molecule has 1 heterocycles. The third-order valence-electron chi connectivity index (χ3n) is 2.18. The first-order valence-electron chi connectivity index (χ1n) is 5.26. The minimum atomic E-state index is -0.338. The van der Waals surface area contributed by atoms with Gasteiger partial charge in [-0.1, -0.05) is 6.92 Å². The smallest absolute Gasteiger partial charge is 0.226 e. The number of nitrogens with zero attached hydrogens (tertiary/aromatic N) is 1. The van der Waals surface area contributed by atoms with Gasteiger partial charge >= 0.3 is 0 Å². The van der Waals surface area contributed by atoms with Crippen LogP contribution in [0.15, 0.2) is 5.38 Å². The van der Waals surface area contributed by atoms with Crippen molar-refractivity contribution in [1.82, 2.24) is 10.3 Å². The number of aliphatic hydroxyl groups excluding tert-OH is 1. The number of anilines is 1. The average Bonchev–Trinajstić information content (AvgIpc) is 2.63. The van der Waals surface area contributed by atoms with Crippen molar-refractivity contribution < 1.29 is 9.90 Å². The third-order valence-corrected chi connectivity index (χ3v) is 2.90. The lowest BCUT2D eigenvalue weighted by molar-refractivity contribution is -0.120. The van der Waals surface area contributed by atoms with E-state index in [2.05, 4.69) is 10.3 Å². The van der Waals surface area contributed by atoms with Crippen LogP contribution < -0.4 is 11.1 Å². The zero-order valence-corrected chi connectivity index (χ0v) is 10.1. The van der Waals surface area contributed by atoms with Gasteiger partial charge in [0.1, 0.15) is 0 Å². The van der Waals surface area contributed by atoms with Crippen molar-refractivity contribution in [3.05, 3.63) is 11.1 Å². The molecule has 0 aliphatic heterocycles. The summed E-state index contributed by atoms with van der Waals surface area (Å²) in [6.45, 7) is 2.40. The lowest BCUT2D eigenvalue weighted by Crippen LogP contribution is -2.28. The number of carbonyl (C=O) groups excluding carboxylic acids is 1. The van der Waals surface area contributed by atoms with Crippen molar-refractivity contribution in [3.8, 4) is 0 Å². The Labute approximate surface area is 98.7 Å². The van der Waals surface area contributed by atoms with Crippen LogP contribution in [0.3, 0.4) is 0 Å². The van der Waals surface area contributed by atoms with Gasteiger partial charge < -0.3 is 16.2 Å². The van der Waals surface area contributed by atoms with Gasteiger partial charge in [0, 0.05) is 11.9 Å². The molecule has 1 amide bonds. The maximum absolute atomic E-state index is 11.4. The fourth-order valence-electron chi connectivity index (χ4n) is 1.21. The monoisotopic (exact) mass is 243 g/mol. The van der Waals surface area contributed by atoms with Crippen molar-refractivity contribution in [1.29, 1.82) is 0 Å². The molecule has 1 aromatic rings. The minimum absolute atomic E-state index is 0.0893. The van der Waals surface area contributed by atoms with Crippen LogP contribution in [0.25, 0.3) is 0 Å². The molecule has 0 bridgehead atoms. The summed E-state index contributed by atoms with van der Waals surface area (Å²) in [5.41, 5.74) is 6.15. The zero-order valence-electron chi connectivity index (χ0n) is 9.27. The number of thiazole rings is 1. The quantitative estimate of drug-likeness (QED) is 0.680. The van der Waals surface area contributed by atoms with Gasteiger partial charge in [-0.2, -0.15) is 0 Å². The van der Waals surface area contributed by atoms with E-state index in [0.29, 0.717) is 30.2 Å². The highest BCUT2D eigenvalue weighted by Gasteiger charge is 2.07. The fraction of sp³-hybridized carbons (Fsp3) is 0.600. The number of carbonyl (C=O) groups is 1. The molecule has 0 spiro atoms. The van der Waals surface area contributed by atoms with Gasteiger partial charge in [0.15, 0.2) is 5.13 Å². The molecule has 5 nitrogen and oxygen atoms in total. The molecule has 0 aliphatic rings. The Morgan fingerprint density at radius 2 is 2.50 bits per heavy atom. The van der Waals surface area contributed by atoms with E-state index in [0.717, 1.165) is 0 Å². The molecule has 6 heteroatoms. The molecule has 0 saturated heterocycles. The number of nitrogens with one attached hydrogen (secondary N) is 1. The van der Waals surface area contributed by atoms with Crippen LogP contribution in [0.1, 0.15) is 25.5 Å². The number of aromatic nitrogens is 1. The average molecular weight is 243 g/mol. The Balaban J connectivity index is 2.21. The van der Waals surface area contributed by atoms with E-state index in [1.54, 1.807) is 5.38 Å². The molecule has 1 atom stereocenters. The maximum Gasteiger partial charge on any atom is 0.226 e. The second-order valence-electron chi connectivity index (χ2n) is 3.55. The first kappa shape index (κ1) is 12.9. The number of nitrogens with two attached hydrogens (primary N) is 1. The van der Waals surface area contributed by atoms with E-state index < -0.39 is 0 Å². The van der Waals surface area contributed by atoms with E-state index in [9.17, 15) is 9.90 Å². The Morgan fingerprint density at radius 1 is 1.75 bits per heavy atom. The largest absolute Gasteiger partial charge is 0.393 e. The predicted molar refractivity (Wildman–Crippen MR) is 64.2 cm³/mol. The van der Waals surface area contributed by atoms with Crippen LogP contribution in [0, 0.1) is 0 Å². The summed E-state index contributed by atoms with van der Waals surface area (Å²) in [5, 5.41) is 14.3. The summed E-state index contributed by atoms with van der Waals surface area (Å²) in [7, 11) is 0. The van der Waals surface area contributed by atoms with Crippen molar-refractivity contribution in [2.24, 2.45) is 0 Å². The molecule has 16 heavy (non-hydrogen) atoms. The topological polar surface area (TPSA) is 88.2 Å². The van der Waals surface area contributed by atoms with E-state index in [4.69, 9.17) is 5.73 Å². The van der Waals surface area contributed by atoms with Crippen molar-refractivity contribution in [2.45, 2.75) is 32.3 Å². The number of nitrogen functional groups attached to an aromatic ring is 1. The van der Waals surface area contributed by atoms with Crippen LogP contribution in [0.2, 0.25) is 0 Å². The molecule has 0 aliphatic carbocycles. The van der Waals surface area contributed by atoms with Gasteiger partial charge in [0.2, 0.25) is 5.91 Å². The van der Waals surface area contributed by atoms with Gasteiger partial charge in [0.25, 0.3) is 0 Å². The molecule has 90 valence electrons. The van der Waals surface area contributed by atoms with Crippen molar-refractivity contribution >= 4 is 22.4 Å². The van der Waals surface area contributed by atoms with Gasteiger partial charge in [-0.25, -0.2) is 4.98 Å². The second-order valence-corrected chi connectivity index (χ2v) is 4.44.